The van der Waals surface area contributed by atoms with E-state index in [1.54, 1.807) is 38.7 Å². The van der Waals surface area contributed by atoms with Crippen LogP contribution >= 0.6 is 0 Å². The first-order valence-corrected chi connectivity index (χ1v) is 9.81. The molecular weight excluding hydrogens is 380 g/mol. The number of esters is 1. The number of hydrogen-bond donors (Lipinski definition) is 0. The summed E-state index contributed by atoms with van der Waals surface area (Å²) in [5, 5.41) is 0. The van der Waals surface area contributed by atoms with Crippen molar-refractivity contribution in [3.05, 3.63) is 89.5 Å². The molecule has 0 bridgehead atoms. The van der Waals surface area contributed by atoms with Crippen LogP contribution in [0, 0.1) is 0 Å². The molecule has 0 radical (unpaired) electrons. The van der Waals surface area contributed by atoms with Crippen molar-refractivity contribution in [3.8, 4) is 5.75 Å². The number of methoxy groups -OCH3 is 1. The minimum atomic E-state index is -0.311. The third-order valence-electron chi connectivity index (χ3n) is 4.45. The summed E-state index contributed by atoms with van der Waals surface area (Å²) in [5.41, 5.74) is 3.70. The molecule has 0 unspecified atom stereocenters. The monoisotopic (exact) mass is 406 g/mol. The fourth-order valence-electron chi connectivity index (χ4n) is 2.94. The highest BCUT2D eigenvalue weighted by molar-refractivity contribution is 5.89. The van der Waals surface area contributed by atoms with E-state index in [0.717, 1.165) is 22.4 Å². The first kappa shape index (κ1) is 21.3. The summed E-state index contributed by atoms with van der Waals surface area (Å²) in [4.78, 5) is 15.9. The number of imidazole rings is 1. The molecule has 1 aromatic heterocycles. The standard InChI is InChI=1S/C24H26N2O4/c1-3-30-24(27)22-8-4-19(5-9-22)14-21(15-26-13-12-25-18-26)17-29-16-20-6-10-23(28-2)11-7-20/h4-14,18H,3,15-17H2,1-2H3/b21-14+. The summed E-state index contributed by atoms with van der Waals surface area (Å²) in [6.45, 7) is 3.81. The number of ether oxygens (including phenoxy) is 3. The van der Waals surface area contributed by atoms with Gasteiger partial charge in [-0.1, -0.05) is 30.3 Å². The van der Waals surface area contributed by atoms with Crippen LogP contribution in [0.25, 0.3) is 6.08 Å². The Kier molecular flexibility index (Phi) is 7.80. The van der Waals surface area contributed by atoms with Crippen molar-refractivity contribution in [2.45, 2.75) is 20.1 Å². The van der Waals surface area contributed by atoms with Crippen molar-refractivity contribution in [3.63, 3.8) is 0 Å². The second-order valence-corrected chi connectivity index (χ2v) is 6.72. The van der Waals surface area contributed by atoms with Gasteiger partial charge in [-0.15, -0.1) is 0 Å². The molecule has 30 heavy (non-hydrogen) atoms. The van der Waals surface area contributed by atoms with E-state index >= 15 is 0 Å². The number of aromatic nitrogens is 2. The zero-order valence-electron chi connectivity index (χ0n) is 17.3. The molecule has 2 aromatic carbocycles. The molecule has 0 N–H and O–H groups in total. The van der Waals surface area contributed by atoms with Gasteiger partial charge in [-0.2, -0.15) is 0 Å². The zero-order valence-corrected chi connectivity index (χ0v) is 17.3. The molecule has 0 atom stereocenters. The Hall–Kier alpha value is -3.38. The highest BCUT2D eigenvalue weighted by Gasteiger charge is 2.06. The molecule has 6 heteroatoms. The first-order chi connectivity index (χ1) is 14.7. The number of nitrogens with zero attached hydrogens (tertiary/aromatic N) is 2. The van der Waals surface area contributed by atoms with Gasteiger partial charge in [0.2, 0.25) is 0 Å². The Balaban J connectivity index is 1.67. The van der Waals surface area contributed by atoms with E-state index in [9.17, 15) is 4.79 Å². The van der Waals surface area contributed by atoms with E-state index in [0.29, 0.717) is 31.9 Å². The van der Waals surface area contributed by atoms with E-state index in [1.807, 2.05) is 47.2 Å². The largest absolute Gasteiger partial charge is 0.497 e. The topological polar surface area (TPSA) is 62.6 Å². The number of hydrogen-bond acceptors (Lipinski definition) is 5. The number of rotatable bonds is 10. The molecule has 0 saturated heterocycles. The highest BCUT2D eigenvalue weighted by Crippen LogP contribution is 2.15. The Morgan fingerprint density at radius 3 is 2.50 bits per heavy atom. The van der Waals surface area contributed by atoms with Crippen LogP contribution in [-0.4, -0.2) is 35.8 Å². The van der Waals surface area contributed by atoms with E-state index in [-0.39, 0.29) is 5.97 Å². The summed E-state index contributed by atoms with van der Waals surface area (Å²) in [6.07, 6.45) is 7.52. The average Bonchev–Trinajstić information content (AvgIpc) is 3.28. The zero-order chi connectivity index (χ0) is 21.2. The molecule has 0 aliphatic heterocycles. The lowest BCUT2D eigenvalue weighted by molar-refractivity contribution is 0.0526. The second-order valence-electron chi connectivity index (χ2n) is 6.72. The van der Waals surface area contributed by atoms with Crippen LogP contribution in [0.1, 0.15) is 28.4 Å². The molecule has 0 spiro atoms. The van der Waals surface area contributed by atoms with Gasteiger partial charge in [0.1, 0.15) is 5.75 Å². The molecular formula is C24H26N2O4. The quantitative estimate of drug-likeness (QED) is 0.468. The third kappa shape index (κ3) is 6.32. The summed E-state index contributed by atoms with van der Waals surface area (Å²) in [5.74, 6) is 0.514. The lowest BCUT2D eigenvalue weighted by atomic mass is 10.1. The highest BCUT2D eigenvalue weighted by atomic mass is 16.5. The van der Waals surface area contributed by atoms with Crippen LogP contribution < -0.4 is 4.74 Å². The fraction of sp³-hybridized carbons (Fsp3) is 0.250. The molecule has 0 aliphatic rings. The fourth-order valence-corrected chi connectivity index (χ4v) is 2.94. The van der Waals surface area contributed by atoms with Gasteiger partial charge in [0, 0.05) is 18.9 Å². The minimum Gasteiger partial charge on any atom is -0.497 e. The Morgan fingerprint density at radius 2 is 1.87 bits per heavy atom. The predicted octanol–water partition coefficient (Wildman–Crippen LogP) is 4.37. The van der Waals surface area contributed by atoms with Crippen LogP contribution in [-0.2, 0) is 22.6 Å². The van der Waals surface area contributed by atoms with E-state index in [4.69, 9.17) is 14.2 Å². The van der Waals surface area contributed by atoms with Gasteiger partial charge in [0.15, 0.2) is 0 Å². The van der Waals surface area contributed by atoms with Gasteiger partial charge in [0.05, 0.1) is 38.8 Å². The van der Waals surface area contributed by atoms with Gasteiger partial charge in [-0.05, 0) is 47.9 Å². The molecule has 3 rings (SSSR count). The maximum absolute atomic E-state index is 11.8. The summed E-state index contributed by atoms with van der Waals surface area (Å²) < 4.78 is 18.2. The molecule has 0 amide bonds. The molecule has 1 heterocycles. The Bertz CT molecular complexity index is 946. The van der Waals surface area contributed by atoms with Crippen molar-refractivity contribution in [2.75, 3.05) is 20.3 Å². The smallest absolute Gasteiger partial charge is 0.338 e. The Morgan fingerprint density at radius 1 is 1.10 bits per heavy atom. The predicted molar refractivity (Wildman–Crippen MR) is 115 cm³/mol. The third-order valence-corrected chi connectivity index (χ3v) is 4.45. The van der Waals surface area contributed by atoms with Gasteiger partial charge in [0.25, 0.3) is 0 Å². The van der Waals surface area contributed by atoms with Crippen LogP contribution in [0.4, 0.5) is 0 Å². The maximum Gasteiger partial charge on any atom is 0.338 e. The van der Waals surface area contributed by atoms with Gasteiger partial charge in [-0.25, -0.2) is 9.78 Å². The molecule has 0 aliphatic carbocycles. The van der Waals surface area contributed by atoms with Crippen molar-refractivity contribution < 1.29 is 19.0 Å². The molecule has 6 nitrogen and oxygen atoms in total. The van der Waals surface area contributed by atoms with Crippen LogP contribution in [0.2, 0.25) is 0 Å². The Labute approximate surface area is 176 Å². The summed E-state index contributed by atoms with van der Waals surface area (Å²) >= 11 is 0. The average molecular weight is 406 g/mol. The lowest BCUT2D eigenvalue weighted by Gasteiger charge is -2.11. The van der Waals surface area contributed by atoms with Crippen molar-refractivity contribution in [2.24, 2.45) is 0 Å². The molecule has 3 aromatic rings. The number of carbonyl (C=O) groups is 1. The second kappa shape index (κ2) is 11.0. The number of carbonyl (C=O) groups excluding carboxylic acids is 1. The summed E-state index contributed by atoms with van der Waals surface area (Å²) in [6, 6.07) is 15.2. The number of benzene rings is 2. The van der Waals surface area contributed by atoms with Crippen molar-refractivity contribution in [1.29, 1.82) is 0 Å². The summed E-state index contributed by atoms with van der Waals surface area (Å²) in [7, 11) is 1.65. The van der Waals surface area contributed by atoms with E-state index in [2.05, 4.69) is 11.1 Å². The molecule has 0 saturated carbocycles. The maximum atomic E-state index is 11.8. The van der Waals surface area contributed by atoms with Gasteiger partial charge < -0.3 is 18.8 Å². The van der Waals surface area contributed by atoms with E-state index < -0.39 is 0 Å². The molecule has 0 fully saturated rings. The normalized spacial score (nSPS) is 11.3. The van der Waals surface area contributed by atoms with Gasteiger partial charge in [-0.3, -0.25) is 0 Å². The van der Waals surface area contributed by atoms with Crippen molar-refractivity contribution >= 4 is 12.0 Å². The van der Waals surface area contributed by atoms with Crippen molar-refractivity contribution in [1.82, 2.24) is 9.55 Å². The van der Waals surface area contributed by atoms with Crippen LogP contribution in [0.3, 0.4) is 0 Å². The SMILES string of the molecule is CCOC(=O)c1ccc(/C=C(/COCc2ccc(OC)cc2)Cn2ccnc2)cc1. The van der Waals surface area contributed by atoms with Gasteiger partial charge >= 0.3 is 5.97 Å². The molecule has 156 valence electrons. The van der Waals surface area contributed by atoms with Crippen LogP contribution in [0.15, 0.2) is 72.8 Å². The minimum absolute atomic E-state index is 0.311. The van der Waals surface area contributed by atoms with E-state index in [1.165, 1.54) is 0 Å². The first-order valence-electron chi connectivity index (χ1n) is 9.81. The lowest BCUT2D eigenvalue weighted by Crippen LogP contribution is -2.06. The van der Waals surface area contributed by atoms with Crippen LogP contribution in [0.5, 0.6) is 5.75 Å².